The minimum atomic E-state index is -1.04. The maximum absolute atomic E-state index is 11.9. The summed E-state index contributed by atoms with van der Waals surface area (Å²) in [5, 5.41) is 11.9. The van der Waals surface area contributed by atoms with Crippen LogP contribution in [-0.4, -0.2) is 28.8 Å². The molecule has 0 saturated carbocycles. The summed E-state index contributed by atoms with van der Waals surface area (Å²) >= 11 is 0. The van der Waals surface area contributed by atoms with Crippen LogP contribution in [0.5, 0.6) is 0 Å². The molecule has 3 heteroatoms. The van der Waals surface area contributed by atoms with Crippen molar-refractivity contribution in [2.45, 2.75) is 37.5 Å². The maximum atomic E-state index is 11.9. The molecule has 0 bridgehead atoms. The third-order valence-electron chi connectivity index (χ3n) is 5.28. The lowest BCUT2D eigenvalue weighted by Gasteiger charge is -2.34. The molecule has 0 fully saturated rings. The first kappa shape index (κ1) is 18.5. The maximum Gasteiger partial charge on any atom is 0.216 e. The quantitative estimate of drug-likeness (QED) is 0.696. The Balaban J connectivity index is 1.69. The van der Waals surface area contributed by atoms with Crippen molar-refractivity contribution in [2.24, 2.45) is 4.99 Å². The van der Waals surface area contributed by atoms with Crippen LogP contribution in [0.3, 0.4) is 0 Å². The first-order valence-corrected chi connectivity index (χ1v) is 9.74. The molecule has 1 aliphatic rings. The van der Waals surface area contributed by atoms with Crippen LogP contribution < -0.4 is 0 Å². The second-order valence-corrected chi connectivity index (χ2v) is 7.50. The van der Waals surface area contributed by atoms with Crippen LogP contribution in [0.2, 0.25) is 0 Å². The standard InChI is InChI=1S/C25H25NO2/c1-19-23(26-24(28-19)22-15-9-4-10-16-22)25(27,17-20-11-5-2-6-12-20)18-21-13-7-3-8-14-21/h2-16,19,23,27H,17-18H2,1H3. The highest BCUT2D eigenvalue weighted by Crippen LogP contribution is 2.32. The molecule has 2 unspecified atom stereocenters. The van der Waals surface area contributed by atoms with E-state index in [4.69, 9.17) is 9.73 Å². The number of rotatable bonds is 6. The van der Waals surface area contributed by atoms with Crippen LogP contribution in [0.25, 0.3) is 0 Å². The van der Waals surface area contributed by atoms with Crippen LogP contribution in [-0.2, 0) is 17.6 Å². The summed E-state index contributed by atoms with van der Waals surface area (Å²) in [5.74, 6) is 0.609. The van der Waals surface area contributed by atoms with E-state index in [1.807, 2.05) is 73.7 Å². The molecule has 0 amide bonds. The SMILES string of the molecule is CC1OC(c2ccccc2)=NC1C(O)(Cc1ccccc1)Cc1ccccc1. The van der Waals surface area contributed by atoms with Crippen molar-refractivity contribution in [1.82, 2.24) is 0 Å². The van der Waals surface area contributed by atoms with Gasteiger partial charge in [0.05, 0.1) is 5.60 Å². The third-order valence-corrected chi connectivity index (χ3v) is 5.28. The second-order valence-electron chi connectivity index (χ2n) is 7.50. The van der Waals surface area contributed by atoms with E-state index in [1.165, 1.54) is 0 Å². The van der Waals surface area contributed by atoms with Crippen molar-refractivity contribution in [3.63, 3.8) is 0 Å². The Bertz CT molecular complexity index is 881. The summed E-state index contributed by atoms with van der Waals surface area (Å²) in [6.07, 6.45) is 0.840. The zero-order chi connectivity index (χ0) is 19.4. The van der Waals surface area contributed by atoms with Crippen molar-refractivity contribution in [3.8, 4) is 0 Å². The van der Waals surface area contributed by atoms with Crippen LogP contribution >= 0.6 is 0 Å². The molecule has 0 aromatic heterocycles. The molecular formula is C25H25NO2. The number of aliphatic imine (C=N–C) groups is 1. The van der Waals surface area contributed by atoms with Crippen molar-refractivity contribution < 1.29 is 9.84 Å². The highest BCUT2D eigenvalue weighted by atomic mass is 16.5. The lowest BCUT2D eigenvalue weighted by Crippen LogP contribution is -2.49. The molecule has 3 aromatic rings. The number of ether oxygens (including phenoxy) is 1. The average Bonchev–Trinajstić information content (AvgIpc) is 3.13. The molecular weight excluding hydrogens is 346 g/mol. The fraction of sp³-hybridized carbons (Fsp3) is 0.240. The van der Waals surface area contributed by atoms with E-state index < -0.39 is 5.60 Å². The van der Waals surface area contributed by atoms with Crippen LogP contribution in [0.4, 0.5) is 0 Å². The zero-order valence-electron chi connectivity index (χ0n) is 16.0. The fourth-order valence-corrected chi connectivity index (χ4v) is 3.95. The van der Waals surface area contributed by atoms with E-state index in [1.54, 1.807) is 0 Å². The predicted octanol–water partition coefficient (Wildman–Crippen LogP) is 4.44. The summed E-state index contributed by atoms with van der Waals surface area (Å²) in [4.78, 5) is 4.85. The molecule has 3 nitrogen and oxygen atoms in total. The van der Waals surface area contributed by atoms with E-state index in [0.29, 0.717) is 18.7 Å². The first-order chi connectivity index (χ1) is 13.6. The minimum absolute atomic E-state index is 0.201. The van der Waals surface area contributed by atoms with Gasteiger partial charge in [-0.15, -0.1) is 0 Å². The van der Waals surface area contributed by atoms with Gasteiger partial charge in [-0.1, -0.05) is 78.9 Å². The smallest absolute Gasteiger partial charge is 0.216 e. The van der Waals surface area contributed by atoms with Gasteiger partial charge in [0.1, 0.15) is 12.1 Å². The Morgan fingerprint density at radius 2 is 1.25 bits per heavy atom. The van der Waals surface area contributed by atoms with E-state index in [0.717, 1.165) is 16.7 Å². The number of hydrogen-bond acceptors (Lipinski definition) is 3. The summed E-state index contributed by atoms with van der Waals surface area (Å²) in [7, 11) is 0. The summed E-state index contributed by atoms with van der Waals surface area (Å²) in [5.41, 5.74) is 2.09. The number of aliphatic hydroxyl groups is 1. The van der Waals surface area contributed by atoms with E-state index >= 15 is 0 Å². The monoisotopic (exact) mass is 371 g/mol. The van der Waals surface area contributed by atoms with Gasteiger partial charge < -0.3 is 9.84 Å². The lowest BCUT2D eigenvalue weighted by molar-refractivity contribution is -0.0102. The Morgan fingerprint density at radius 1 is 0.786 bits per heavy atom. The third kappa shape index (κ3) is 4.00. The predicted molar refractivity (Wildman–Crippen MR) is 113 cm³/mol. The molecule has 0 radical (unpaired) electrons. The normalized spacial score (nSPS) is 19.1. The molecule has 1 N–H and O–H groups in total. The largest absolute Gasteiger partial charge is 0.472 e. The Morgan fingerprint density at radius 3 is 1.75 bits per heavy atom. The first-order valence-electron chi connectivity index (χ1n) is 9.74. The van der Waals surface area contributed by atoms with Gasteiger partial charge in [-0.2, -0.15) is 0 Å². The van der Waals surface area contributed by atoms with Gasteiger partial charge in [0.2, 0.25) is 5.90 Å². The number of benzene rings is 3. The summed E-state index contributed by atoms with van der Waals surface area (Å²) in [6, 6.07) is 29.8. The van der Waals surface area contributed by atoms with E-state index in [-0.39, 0.29) is 12.1 Å². The number of nitrogens with zero attached hydrogens (tertiary/aromatic N) is 1. The van der Waals surface area contributed by atoms with Gasteiger partial charge in [-0.05, 0) is 30.2 Å². The lowest BCUT2D eigenvalue weighted by atomic mass is 9.80. The van der Waals surface area contributed by atoms with Gasteiger partial charge in [0.15, 0.2) is 0 Å². The Kier molecular flexibility index (Phi) is 5.27. The molecule has 4 rings (SSSR count). The zero-order valence-corrected chi connectivity index (χ0v) is 16.0. The Hall–Kier alpha value is -2.91. The molecule has 2 atom stereocenters. The molecule has 1 heterocycles. The molecule has 3 aromatic carbocycles. The van der Waals surface area contributed by atoms with Crippen LogP contribution in [0.15, 0.2) is 96.0 Å². The van der Waals surface area contributed by atoms with E-state index in [2.05, 4.69) is 24.3 Å². The fourth-order valence-electron chi connectivity index (χ4n) is 3.95. The van der Waals surface area contributed by atoms with Gasteiger partial charge in [0.25, 0.3) is 0 Å². The molecule has 142 valence electrons. The highest BCUT2D eigenvalue weighted by Gasteiger charge is 2.45. The van der Waals surface area contributed by atoms with Gasteiger partial charge in [0, 0.05) is 18.4 Å². The van der Waals surface area contributed by atoms with Crippen molar-refractivity contribution >= 4 is 5.90 Å². The molecule has 1 aliphatic heterocycles. The van der Waals surface area contributed by atoms with Crippen LogP contribution in [0.1, 0.15) is 23.6 Å². The molecule has 0 spiro atoms. The highest BCUT2D eigenvalue weighted by molar-refractivity contribution is 5.95. The average molecular weight is 371 g/mol. The molecule has 28 heavy (non-hydrogen) atoms. The molecule has 0 saturated heterocycles. The van der Waals surface area contributed by atoms with Crippen molar-refractivity contribution in [3.05, 3.63) is 108 Å². The van der Waals surface area contributed by atoms with Gasteiger partial charge >= 0.3 is 0 Å². The van der Waals surface area contributed by atoms with Gasteiger partial charge in [-0.25, -0.2) is 4.99 Å². The van der Waals surface area contributed by atoms with Crippen molar-refractivity contribution in [2.75, 3.05) is 0 Å². The summed E-state index contributed by atoms with van der Waals surface area (Å²) < 4.78 is 6.07. The number of hydrogen-bond donors (Lipinski definition) is 1. The van der Waals surface area contributed by atoms with Gasteiger partial charge in [-0.3, -0.25) is 0 Å². The second kappa shape index (κ2) is 7.99. The minimum Gasteiger partial charge on any atom is -0.472 e. The topological polar surface area (TPSA) is 41.8 Å². The summed E-state index contributed by atoms with van der Waals surface area (Å²) in [6.45, 7) is 1.99. The molecule has 0 aliphatic carbocycles. The van der Waals surface area contributed by atoms with Crippen molar-refractivity contribution in [1.29, 1.82) is 0 Å². The Labute approximate surface area is 166 Å². The van der Waals surface area contributed by atoms with E-state index in [9.17, 15) is 5.11 Å². The van der Waals surface area contributed by atoms with Crippen LogP contribution in [0, 0.1) is 0 Å².